The van der Waals surface area contributed by atoms with E-state index in [1.165, 1.54) is 36.2 Å². The molecule has 0 saturated carbocycles. The fourth-order valence-corrected chi connectivity index (χ4v) is 2.17. The Hall–Kier alpha value is -2.08. The SMILES string of the molecule is Nc1c(C(=O)O)ccnc1Sc1ccc(F)cc1. The average Bonchev–Trinajstić information content (AvgIpc) is 2.34. The van der Waals surface area contributed by atoms with Crippen molar-refractivity contribution in [2.45, 2.75) is 9.92 Å². The van der Waals surface area contributed by atoms with Gasteiger partial charge in [0.15, 0.2) is 0 Å². The second-order valence-corrected chi connectivity index (χ2v) is 4.50. The number of hydrogen-bond acceptors (Lipinski definition) is 4. The fraction of sp³-hybridized carbons (Fsp3) is 0. The highest BCUT2D eigenvalue weighted by Gasteiger charge is 2.13. The summed E-state index contributed by atoms with van der Waals surface area (Å²) in [4.78, 5) is 15.7. The molecule has 0 aliphatic carbocycles. The first kappa shape index (κ1) is 12.4. The largest absolute Gasteiger partial charge is 0.478 e. The van der Waals surface area contributed by atoms with Crippen LogP contribution >= 0.6 is 11.8 Å². The number of rotatable bonds is 3. The van der Waals surface area contributed by atoms with Crippen LogP contribution in [0.4, 0.5) is 10.1 Å². The van der Waals surface area contributed by atoms with Gasteiger partial charge in [0.25, 0.3) is 0 Å². The van der Waals surface area contributed by atoms with Gasteiger partial charge in [-0.05, 0) is 30.3 Å². The van der Waals surface area contributed by atoms with Crippen LogP contribution in [-0.4, -0.2) is 16.1 Å². The quantitative estimate of drug-likeness (QED) is 0.891. The monoisotopic (exact) mass is 264 g/mol. The molecule has 18 heavy (non-hydrogen) atoms. The van der Waals surface area contributed by atoms with Crippen LogP contribution in [0.15, 0.2) is 46.5 Å². The van der Waals surface area contributed by atoms with Gasteiger partial charge in [0.05, 0.1) is 11.3 Å². The van der Waals surface area contributed by atoms with E-state index in [4.69, 9.17) is 10.8 Å². The topological polar surface area (TPSA) is 76.2 Å². The van der Waals surface area contributed by atoms with Crippen LogP contribution < -0.4 is 5.73 Å². The van der Waals surface area contributed by atoms with Crippen LogP contribution in [0.3, 0.4) is 0 Å². The van der Waals surface area contributed by atoms with Crippen LogP contribution in [0.25, 0.3) is 0 Å². The molecule has 0 aliphatic heterocycles. The van der Waals surface area contributed by atoms with Gasteiger partial charge >= 0.3 is 5.97 Å². The summed E-state index contributed by atoms with van der Waals surface area (Å²) in [6.45, 7) is 0. The Kier molecular flexibility index (Phi) is 3.47. The summed E-state index contributed by atoms with van der Waals surface area (Å²) < 4.78 is 12.7. The number of nitrogens with zero attached hydrogens (tertiary/aromatic N) is 1. The maximum Gasteiger partial charge on any atom is 0.337 e. The van der Waals surface area contributed by atoms with Crippen molar-refractivity contribution in [1.29, 1.82) is 0 Å². The molecule has 1 aromatic carbocycles. The van der Waals surface area contributed by atoms with Crippen LogP contribution in [0, 0.1) is 5.82 Å². The number of hydrogen-bond donors (Lipinski definition) is 2. The van der Waals surface area contributed by atoms with Gasteiger partial charge in [-0.2, -0.15) is 0 Å². The highest BCUT2D eigenvalue weighted by atomic mass is 32.2. The zero-order valence-corrected chi connectivity index (χ0v) is 9.95. The first-order valence-electron chi connectivity index (χ1n) is 4.99. The molecule has 0 aliphatic rings. The maximum absolute atomic E-state index is 12.7. The second-order valence-electron chi connectivity index (χ2n) is 3.44. The molecule has 2 rings (SSSR count). The molecule has 3 N–H and O–H groups in total. The van der Waals surface area contributed by atoms with E-state index in [1.54, 1.807) is 12.1 Å². The molecule has 0 bridgehead atoms. The summed E-state index contributed by atoms with van der Waals surface area (Å²) in [5, 5.41) is 9.32. The molecule has 92 valence electrons. The maximum atomic E-state index is 12.7. The van der Waals surface area contributed by atoms with Crippen molar-refractivity contribution in [2.24, 2.45) is 0 Å². The van der Waals surface area contributed by atoms with Crippen molar-refractivity contribution in [2.75, 3.05) is 5.73 Å². The lowest BCUT2D eigenvalue weighted by molar-refractivity contribution is 0.0697. The molecule has 0 radical (unpaired) electrons. The predicted octanol–water partition coefficient (Wildman–Crippen LogP) is 2.65. The molecular weight excluding hydrogens is 255 g/mol. The molecule has 0 spiro atoms. The minimum atomic E-state index is -1.10. The number of aromatic nitrogens is 1. The minimum Gasteiger partial charge on any atom is -0.478 e. The van der Waals surface area contributed by atoms with Gasteiger partial charge in [-0.25, -0.2) is 14.2 Å². The Morgan fingerprint density at radius 1 is 1.28 bits per heavy atom. The summed E-state index contributed by atoms with van der Waals surface area (Å²) in [6.07, 6.45) is 1.38. The Morgan fingerprint density at radius 2 is 1.94 bits per heavy atom. The highest BCUT2D eigenvalue weighted by molar-refractivity contribution is 7.99. The van der Waals surface area contributed by atoms with E-state index in [-0.39, 0.29) is 17.1 Å². The first-order chi connectivity index (χ1) is 8.58. The number of pyridine rings is 1. The normalized spacial score (nSPS) is 10.3. The van der Waals surface area contributed by atoms with Gasteiger partial charge in [-0.15, -0.1) is 0 Å². The smallest absolute Gasteiger partial charge is 0.337 e. The van der Waals surface area contributed by atoms with Crippen molar-refractivity contribution in [1.82, 2.24) is 4.98 Å². The average molecular weight is 264 g/mol. The molecule has 0 saturated heterocycles. The van der Waals surface area contributed by atoms with Crippen LogP contribution in [0.1, 0.15) is 10.4 Å². The van der Waals surface area contributed by atoms with E-state index < -0.39 is 5.97 Å². The Balaban J connectivity index is 2.32. The van der Waals surface area contributed by atoms with E-state index in [2.05, 4.69) is 4.98 Å². The number of nitrogens with two attached hydrogens (primary N) is 1. The third-order valence-corrected chi connectivity index (χ3v) is 3.24. The van der Waals surface area contributed by atoms with Crippen molar-refractivity contribution < 1.29 is 14.3 Å². The van der Waals surface area contributed by atoms with Crippen LogP contribution in [-0.2, 0) is 0 Å². The molecular formula is C12H9FN2O2S. The minimum absolute atomic E-state index is 0.00890. The van der Waals surface area contributed by atoms with Crippen molar-refractivity contribution in [3.63, 3.8) is 0 Å². The Bertz CT molecular complexity index is 587. The third-order valence-electron chi connectivity index (χ3n) is 2.21. The van der Waals surface area contributed by atoms with Gasteiger partial charge in [0, 0.05) is 11.1 Å². The molecule has 6 heteroatoms. The zero-order valence-electron chi connectivity index (χ0n) is 9.13. The van der Waals surface area contributed by atoms with Crippen molar-refractivity contribution in [3.05, 3.63) is 47.9 Å². The molecule has 0 amide bonds. The summed E-state index contributed by atoms with van der Waals surface area (Å²) in [5.74, 6) is -1.43. The molecule has 0 fully saturated rings. The number of aromatic carboxylic acids is 1. The predicted molar refractivity (Wildman–Crippen MR) is 66.1 cm³/mol. The molecule has 0 atom stereocenters. The van der Waals surface area contributed by atoms with Gasteiger partial charge in [0.1, 0.15) is 10.8 Å². The number of carboxylic acids is 1. The van der Waals surface area contributed by atoms with Crippen LogP contribution in [0.5, 0.6) is 0 Å². The van der Waals surface area contributed by atoms with Gasteiger partial charge in [-0.3, -0.25) is 0 Å². The van der Waals surface area contributed by atoms with E-state index in [0.29, 0.717) is 5.03 Å². The van der Waals surface area contributed by atoms with Crippen molar-refractivity contribution >= 4 is 23.4 Å². The summed E-state index contributed by atoms with van der Waals surface area (Å²) >= 11 is 1.19. The number of benzene rings is 1. The molecule has 4 nitrogen and oxygen atoms in total. The number of carboxylic acid groups (broad SMARTS) is 1. The third kappa shape index (κ3) is 2.60. The van der Waals surface area contributed by atoms with E-state index in [1.807, 2.05) is 0 Å². The summed E-state index contributed by atoms with van der Waals surface area (Å²) in [7, 11) is 0. The Labute approximate surface area is 107 Å². The Morgan fingerprint density at radius 3 is 2.56 bits per heavy atom. The summed E-state index contributed by atoms with van der Waals surface area (Å²) in [5.41, 5.74) is 5.84. The highest BCUT2D eigenvalue weighted by Crippen LogP contribution is 2.31. The van der Waals surface area contributed by atoms with Crippen LogP contribution in [0.2, 0.25) is 0 Å². The number of halogens is 1. The lowest BCUT2D eigenvalue weighted by atomic mass is 10.2. The number of carbonyl (C=O) groups is 1. The molecule has 2 aromatic rings. The summed E-state index contributed by atoms with van der Waals surface area (Å²) in [6, 6.07) is 7.13. The molecule has 1 heterocycles. The lowest BCUT2D eigenvalue weighted by Crippen LogP contribution is -2.04. The van der Waals surface area contributed by atoms with Crippen molar-refractivity contribution in [3.8, 4) is 0 Å². The van der Waals surface area contributed by atoms with E-state index >= 15 is 0 Å². The van der Waals surface area contributed by atoms with E-state index in [9.17, 15) is 9.18 Å². The second kappa shape index (κ2) is 5.05. The van der Waals surface area contributed by atoms with E-state index in [0.717, 1.165) is 4.90 Å². The number of anilines is 1. The number of nitrogen functional groups attached to an aromatic ring is 1. The lowest BCUT2D eigenvalue weighted by Gasteiger charge is -2.06. The van der Waals surface area contributed by atoms with Gasteiger partial charge in [-0.1, -0.05) is 11.8 Å². The fourth-order valence-electron chi connectivity index (χ4n) is 1.34. The zero-order chi connectivity index (χ0) is 13.1. The molecule has 1 aromatic heterocycles. The van der Waals surface area contributed by atoms with Gasteiger partial charge in [0.2, 0.25) is 0 Å². The first-order valence-corrected chi connectivity index (χ1v) is 5.81. The standard InChI is InChI=1S/C12H9FN2O2S/c13-7-1-3-8(4-2-7)18-11-10(14)9(12(16)17)5-6-15-11/h1-6H,14H2,(H,16,17). The van der Waals surface area contributed by atoms with Gasteiger partial charge < -0.3 is 10.8 Å². The molecule has 0 unspecified atom stereocenters.